The number of aliphatic hydroxyl groups is 3. The van der Waals surface area contributed by atoms with Gasteiger partial charge in [0.2, 0.25) is 11.7 Å². The highest BCUT2D eigenvalue weighted by atomic mass is 16.5. The summed E-state index contributed by atoms with van der Waals surface area (Å²) < 4.78 is 5.60. The fraction of sp³-hybridized carbons (Fsp3) is 0.414. The first-order valence-corrected chi connectivity index (χ1v) is 12.9. The van der Waals surface area contributed by atoms with Gasteiger partial charge in [0, 0.05) is 36.8 Å². The number of anilines is 1. The van der Waals surface area contributed by atoms with E-state index in [0.29, 0.717) is 34.7 Å². The molecule has 206 valence electrons. The quantitative estimate of drug-likeness (QED) is 0.357. The lowest BCUT2D eigenvalue weighted by Gasteiger charge is -2.48. The van der Waals surface area contributed by atoms with E-state index in [2.05, 4.69) is 0 Å². The van der Waals surface area contributed by atoms with Crippen molar-refractivity contribution in [3.63, 3.8) is 0 Å². The molecule has 6 N–H and O–H groups in total. The molecule has 10 heteroatoms. The van der Waals surface area contributed by atoms with Crippen molar-refractivity contribution in [1.82, 2.24) is 0 Å². The van der Waals surface area contributed by atoms with Gasteiger partial charge in [0.25, 0.3) is 0 Å². The summed E-state index contributed by atoms with van der Waals surface area (Å²) in [5.41, 5.74) is 4.93. The normalized spacial score (nSPS) is 27.9. The molecule has 3 aliphatic rings. The smallest absolute Gasteiger partial charge is 0.230 e. The van der Waals surface area contributed by atoms with E-state index < -0.39 is 52.7 Å². The van der Waals surface area contributed by atoms with Crippen LogP contribution in [0.1, 0.15) is 30.9 Å². The maximum absolute atomic E-state index is 13.8. The number of carbonyl (C=O) groups excluding carboxylic acids is 3. The van der Waals surface area contributed by atoms with Gasteiger partial charge in [0.15, 0.2) is 11.4 Å². The van der Waals surface area contributed by atoms with Gasteiger partial charge in [-0.3, -0.25) is 14.4 Å². The summed E-state index contributed by atoms with van der Waals surface area (Å²) in [6.45, 7) is 2.31. The molecule has 2 fully saturated rings. The summed E-state index contributed by atoms with van der Waals surface area (Å²) in [5, 5.41) is 44.9. The number of hydrogen-bond acceptors (Lipinski definition) is 9. The van der Waals surface area contributed by atoms with Crippen molar-refractivity contribution >= 4 is 28.9 Å². The van der Waals surface area contributed by atoms with Crippen molar-refractivity contribution in [2.75, 3.05) is 25.6 Å². The number of Topliss-reactive ketones (excluding diaryl/α,β-unsaturated/α-hetero) is 2. The number of rotatable bonds is 5. The second-order valence-corrected chi connectivity index (χ2v) is 10.7. The minimum absolute atomic E-state index is 0.0504. The molecule has 5 atom stereocenters. The van der Waals surface area contributed by atoms with Crippen molar-refractivity contribution in [2.24, 2.45) is 23.5 Å². The zero-order valence-electron chi connectivity index (χ0n) is 22.0. The first-order chi connectivity index (χ1) is 18.4. The van der Waals surface area contributed by atoms with Crippen LogP contribution in [-0.4, -0.2) is 70.3 Å². The van der Waals surface area contributed by atoms with E-state index in [1.807, 2.05) is 32.0 Å². The zero-order chi connectivity index (χ0) is 28.4. The monoisotopic (exact) mass is 536 g/mol. The number of hydrogen-bond donors (Lipinski definition) is 5. The summed E-state index contributed by atoms with van der Waals surface area (Å²) >= 11 is 0. The van der Waals surface area contributed by atoms with Gasteiger partial charge >= 0.3 is 0 Å². The van der Waals surface area contributed by atoms with Crippen LogP contribution in [-0.2, 0) is 20.8 Å². The van der Waals surface area contributed by atoms with Gasteiger partial charge in [-0.05, 0) is 61.4 Å². The molecule has 2 aromatic rings. The second kappa shape index (κ2) is 9.39. The van der Waals surface area contributed by atoms with Crippen LogP contribution in [0.15, 0.2) is 35.9 Å². The lowest BCUT2D eigenvalue weighted by atomic mass is 9.56. The van der Waals surface area contributed by atoms with Crippen LogP contribution >= 0.6 is 0 Å². The van der Waals surface area contributed by atoms with Gasteiger partial charge in [-0.15, -0.1) is 0 Å². The van der Waals surface area contributed by atoms with Gasteiger partial charge in [-0.25, -0.2) is 0 Å². The first kappa shape index (κ1) is 26.7. The van der Waals surface area contributed by atoms with Crippen LogP contribution in [0.3, 0.4) is 0 Å². The molecular formula is C29H32N2O8. The molecule has 0 heterocycles. The molecule has 10 nitrogen and oxygen atoms in total. The van der Waals surface area contributed by atoms with Crippen LogP contribution < -0.4 is 15.4 Å². The third-order valence-corrected chi connectivity index (χ3v) is 8.30. The molecule has 0 radical (unpaired) electrons. The fourth-order valence-corrected chi connectivity index (χ4v) is 6.51. The number of primary amides is 1. The third-order valence-electron chi connectivity index (χ3n) is 8.30. The highest BCUT2D eigenvalue weighted by molar-refractivity contribution is 6.24. The van der Waals surface area contributed by atoms with Crippen LogP contribution in [0.4, 0.5) is 5.69 Å². The molecule has 5 rings (SSSR count). The van der Waals surface area contributed by atoms with Crippen LogP contribution in [0.25, 0.3) is 16.9 Å². The number of phenolic OH excluding ortho intramolecular Hbond substituents is 1. The summed E-state index contributed by atoms with van der Waals surface area (Å²) in [7, 11) is 3.66. The van der Waals surface area contributed by atoms with Crippen molar-refractivity contribution in [3.8, 4) is 22.6 Å². The molecule has 1 amide bonds. The summed E-state index contributed by atoms with van der Waals surface area (Å²) in [6.07, 6.45) is -1.22. The van der Waals surface area contributed by atoms with Crippen molar-refractivity contribution in [2.45, 2.75) is 37.9 Å². The van der Waals surface area contributed by atoms with E-state index in [9.17, 15) is 34.8 Å². The standard InChI is InChI=1S/C29H32N2O8/c1-4-39-16-7-5-6-13(9-16)17-12-19(31(2)3)18-10-14-8-15-11-20(32)23(28(30)37)27(36)29(15,38)26(35)21(14)25(34)22(18)24(17)33/h5-7,9,12,14-15,20,23,32-34,38H,4,8,10-11H2,1-3H3,(H2,30,37)/t14-,15+,20?,23?,29+/m1/s1. The van der Waals surface area contributed by atoms with E-state index in [1.165, 1.54) is 0 Å². The second-order valence-electron chi connectivity index (χ2n) is 10.7. The molecule has 2 unspecified atom stereocenters. The highest BCUT2D eigenvalue weighted by Crippen LogP contribution is 2.54. The van der Waals surface area contributed by atoms with Gasteiger partial charge in [-0.1, -0.05) is 12.1 Å². The summed E-state index contributed by atoms with van der Waals surface area (Å²) in [4.78, 5) is 40.7. The zero-order valence-corrected chi connectivity index (χ0v) is 22.0. The number of benzene rings is 2. The highest BCUT2D eigenvalue weighted by Gasteiger charge is 2.64. The van der Waals surface area contributed by atoms with E-state index in [0.717, 1.165) is 0 Å². The average molecular weight is 537 g/mol. The maximum atomic E-state index is 13.8. The molecule has 2 aromatic carbocycles. The number of fused-ring (bicyclic) bond motifs is 3. The minimum Gasteiger partial charge on any atom is -0.507 e. The lowest BCUT2D eigenvalue weighted by Crippen LogP contribution is -2.66. The molecule has 0 saturated heterocycles. The molecule has 0 aromatic heterocycles. The number of amides is 1. The number of ketones is 2. The van der Waals surface area contributed by atoms with Crippen LogP contribution in [0.2, 0.25) is 0 Å². The molecule has 3 aliphatic carbocycles. The Morgan fingerprint density at radius 1 is 1.18 bits per heavy atom. The molecule has 0 aliphatic heterocycles. The SMILES string of the molecule is CCOc1cccc(-c2cc(N(C)C)c3c(c2O)C(O)=C2C(=O)[C@]4(O)C(=O)C(C(N)=O)C(O)C[C@@H]4C[C@@H]2C3)c1. The Hall–Kier alpha value is -3.89. The Morgan fingerprint density at radius 2 is 1.90 bits per heavy atom. The van der Waals surface area contributed by atoms with Crippen molar-refractivity contribution in [3.05, 3.63) is 47.0 Å². The Balaban J connectivity index is 1.70. The minimum atomic E-state index is -2.61. The Labute approximate surface area is 225 Å². The van der Waals surface area contributed by atoms with E-state index in [4.69, 9.17) is 10.5 Å². The topological polar surface area (TPSA) is 171 Å². The number of ether oxygens (including phenoxy) is 1. The van der Waals surface area contributed by atoms with Crippen molar-refractivity contribution < 1.29 is 39.5 Å². The molecular weight excluding hydrogens is 504 g/mol. The van der Waals surface area contributed by atoms with Crippen LogP contribution in [0.5, 0.6) is 11.5 Å². The Bertz CT molecular complexity index is 1430. The van der Waals surface area contributed by atoms with E-state index in [1.54, 1.807) is 24.3 Å². The molecule has 0 bridgehead atoms. The fourth-order valence-electron chi connectivity index (χ4n) is 6.51. The third kappa shape index (κ3) is 3.89. The van der Waals surface area contributed by atoms with Gasteiger partial charge < -0.3 is 35.8 Å². The number of aliphatic hydroxyl groups excluding tert-OH is 2. The van der Waals surface area contributed by atoms with Crippen LogP contribution in [0, 0.1) is 17.8 Å². The predicted octanol–water partition coefficient (Wildman–Crippen LogP) is 1.72. The van der Waals surface area contributed by atoms with Gasteiger partial charge in [-0.2, -0.15) is 0 Å². The number of carbonyl (C=O) groups is 3. The van der Waals surface area contributed by atoms with Gasteiger partial charge in [0.05, 0.1) is 18.3 Å². The summed E-state index contributed by atoms with van der Waals surface area (Å²) in [6, 6.07) is 8.92. The van der Waals surface area contributed by atoms with E-state index in [-0.39, 0.29) is 36.1 Å². The first-order valence-electron chi connectivity index (χ1n) is 12.9. The van der Waals surface area contributed by atoms with Crippen molar-refractivity contribution in [1.29, 1.82) is 0 Å². The molecule has 39 heavy (non-hydrogen) atoms. The molecule has 0 spiro atoms. The average Bonchev–Trinajstić information content (AvgIpc) is 2.86. The maximum Gasteiger partial charge on any atom is 0.230 e. The number of phenols is 1. The lowest BCUT2D eigenvalue weighted by molar-refractivity contribution is -0.174. The predicted molar refractivity (Wildman–Crippen MR) is 142 cm³/mol. The van der Waals surface area contributed by atoms with Gasteiger partial charge in [0.1, 0.15) is 23.2 Å². The Morgan fingerprint density at radius 3 is 2.54 bits per heavy atom. The van der Waals surface area contributed by atoms with E-state index >= 15 is 0 Å². The number of nitrogens with zero attached hydrogens (tertiary/aromatic N) is 1. The number of nitrogens with two attached hydrogens (primary N) is 1. The number of aromatic hydroxyl groups is 1. The summed E-state index contributed by atoms with van der Waals surface area (Å²) in [5.74, 6) is -6.76. The Kier molecular flexibility index (Phi) is 6.43. The molecule has 2 saturated carbocycles. The largest absolute Gasteiger partial charge is 0.507 e.